The fourth-order valence-electron chi connectivity index (χ4n) is 3.21. The lowest BCUT2D eigenvalue weighted by Crippen LogP contribution is -2.54. The third-order valence-corrected chi connectivity index (χ3v) is 4.76. The number of nitrogens with one attached hydrogen (secondary N) is 1. The van der Waals surface area contributed by atoms with Crippen LogP contribution in [0, 0.1) is 0 Å². The summed E-state index contributed by atoms with van der Waals surface area (Å²) in [6, 6.07) is 2.18. The number of amides is 2. The van der Waals surface area contributed by atoms with Crippen molar-refractivity contribution in [2.75, 3.05) is 50.7 Å². The first-order valence-electron chi connectivity index (χ1n) is 8.56. The SMILES string of the molecule is CCN1CCN(C(=O)NC2CCN(c3ncccn3)CC2)CC1. The highest BCUT2D eigenvalue weighted by Gasteiger charge is 2.25. The molecule has 2 saturated heterocycles. The summed E-state index contributed by atoms with van der Waals surface area (Å²) in [6.45, 7) is 8.63. The van der Waals surface area contributed by atoms with Crippen LogP contribution in [0.25, 0.3) is 0 Å². The van der Waals surface area contributed by atoms with E-state index in [4.69, 9.17) is 0 Å². The van der Waals surface area contributed by atoms with Crippen LogP contribution in [0.5, 0.6) is 0 Å². The molecule has 1 N–H and O–H groups in total. The number of carbonyl (C=O) groups excluding carboxylic acids is 1. The average Bonchev–Trinajstić information content (AvgIpc) is 2.63. The van der Waals surface area contributed by atoms with Crippen molar-refractivity contribution < 1.29 is 4.79 Å². The summed E-state index contributed by atoms with van der Waals surface area (Å²) in [4.78, 5) is 27.5. The van der Waals surface area contributed by atoms with E-state index in [0.29, 0.717) is 0 Å². The third-order valence-electron chi connectivity index (χ3n) is 4.76. The lowest BCUT2D eigenvalue weighted by atomic mass is 10.1. The molecule has 0 saturated carbocycles. The normalized spacial score (nSPS) is 20.6. The van der Waals surface area contributed by atoms with Crippen LogP contribution in [0.1, 0.15) is 19.8 Å². The van der Waals surface area contributed by atoms with E-state index < -0.39 is 0 Å². The molecule has 2 amide bonds. The number of hydrogen-bond donors (Lipinski definition) is 1. The molecule has 0 aromatic carbocycles. The molecule has 23 heavy (non-hydrogen) atoms. The van der Waals surface area contributed by atoms with E-state index in [9.17, 15) is 4.79 Å². The standard InChI is InChI=1S/C16H26N6O/c1-2-20-10-12-22(13-11-20)16(23)19-14-4-8-21(9-5-14)15-17-6-3-7-18-15/h3,6-7,14H,2,4-5,8-13H2,1H3,(H,19,23). The predicted octanol–water partition coefficient (Wildman–Crippen LogP) is 0.793. The van der Waals surface area contributed by atoms with Crippen LogP contribution in [-0.2, 0) is 0 Å². The van der Waals surface area contributed by atoms with E-state index in [0.717, 1.165) is 64.6 Å². The molecule has 1 aromatic heterocycles. The Hall–Kier alpha value is -1.89. The highest BCUT2D eigenvalue weighted by Crippen LogP contribution is 2.15. The third kappa shape index (κ3) is 4.10. The zero-order chi connectivity index (χ0) is 16.1. The molecule has 3 rings (SSSR count). The van der Waals surface area contributed by atoms with Crippen molar-refractivity contribution >= 4 is 12.0 Å². The van der Waals surface area contributed by atoms with Gasteiger partial charge in [0, 0.05) is 57.7 Å². The maximum atomic E-state index is 12.4. The maximum Gasteiger partial charge on any atom is 0.317 e. The van der Waals surface area contributed by atoms with Gasteiger partial charge in [0.05, 0.1) is 0 Å². The summed E-state index contributed by atoms with van der Waals surface area (Å²) in [6.07, 6.45) is 5.43. The molecule has 0 bridgehead atoms. The minimum atomic E-state index is 0.0927. The van der Waals surface area contributed by atoms with Crippen molar-refractivity contribution in [1.82, 2.24) is 25.1 Å². The Morgan fingerprint density at radius 1 is 1.13 bits per heavy atom. The molecular formula is C16H26N6O. The van der Waals surface area contributed by atoms with Crippen LogP contribution < -0.4 is 10.2 Å². The van der Waals surface area contributed by atoms with Gasteiger partial charge < -0.3 is 20.0 Å². The zero-order valence-corrected chi connectivity index (χ0v) is 13.8. The second-order valence-corrected chi connectivity index (χ2v) is 6.18. The van der Waals surface area contributed by atoms with Gasteiger partial charge in [-0.2, -0.15) is 0 Å². The second kappa shape index (κ2) is 7.59. The van der Waals surface area contributed by atoms with E-state index in [1.165, 1.54) is 0 Å². The Morgan fingerprint density at radius 2 is 1.78 bits per heavy atom. The summed E-state index contributed by atoms with van der Waals surface area (Å²) in [5.74, 6) is 0.785. The number of nitrogens with zero attached hydrogens (tertiary/aromatic N) is 5. The van der Waals surface area contributed by atoms with Crippen LogP contribution in [-0.4, -0.2) is 77.7 Å². The van der Waals surface area contributed by atoms with Crippen molar-refractivity contribution in [1.29, 1.82) is 0 Å². The first-order chi connectivity index (χ1) is 11.3. The topological polar surface area (TPSA) is 64.6 Å². The first kappa shape index (κ1) is 16.0. The van der Waals surface area contributed by atoms with Gasteiger partial charge in [-0.15, -0.1) is 0 Å². The van der Waals surface area contributed by atoms with Gasteiger partial charge in [-0.3, -0.25) is 0 Å². The fraction of sp³-hybridized carbons (Fsp3) is 0.688. The molecule has 7 heteroatoms. The van der Waals surface area contributed by atoms with E-state index in [1.54, 1.807) is 12.4 Å². The number of urea groups is 1. The quantitative estimate of drug-likeness (QED) is 0.893. The smallest absolute Gasteiger partial charge is 0.317 e. The lowest BCUT2D eigenvalue weighted by molar-refractivity contribution is 0.139. The summed E-state index contributed by atoms with van der Waals surface area (Å²) >= 11 is 0. The molecule has 0 unspecified atom stereocenters. The number of hydrogen-bond acceptors (Lipinski definition) is 5. The summed E-state index contributed by atoms with van der Waals surface area (Å²) in [7, 11) is 0. The zero-order valence-electron chi connectivity index (χ0n) is 13.8. The number of likely N-dealkylation sites (N-methyl/N-ethyl adjacent to an activating group) is 1. The number of aromatic nitrogens is 2. The molecule has 2 fully saturated rings. The molecule has 3 heterocycles. The molecule has 0 radical (unpaired) electrons. The van der Waals surface area contributed by atoms with E-state index in [1.807, 2.05) is 11.0 Å². The molecule has 0 spiro atoms. The van der Waals surface area contributed by atoms with Gasteiger partial charge in [0.2, 0.25) is 5.95 Å². The van der Waals surface area contributed by atoms with Crippen LogP contribution in [0.15, 0.2) is 18.5 Å². The predicted molar refractivity (Wildman–Crippen MR) is 89.5 cm³/mol. The first-order valence-corrected chi connectivity index (χ1v) is 8.56. The van der Waals surface area contributed by atoms with Crippen LogP contribution in [0.2, 0.25) is 0 Å². The summed E-state index contributed by atoms with van der Waals surface area (Å²) in [5, 5.41) is 3.19. The number of piperidine rings is 1. The molecule has 0 aliphatic carbocycles. The van der Waals surface area contributed by atoms with Crippen molar-refractivity contribution in [2.45, 2.75) is 25.8 Å². The Morgan fingerprint density at radius 3 is 2.39 bits per heavy atom. The highest BCUT2D eigenvalue weighted by molar-refractivity contribution is 5.74. The summed E-state index contributed by atoms with van der Waals surface area (Å²) < 4.78 is 0. The van der Waals surface area contributed by atoms with Crippen LogP contribution >= 0.6 is 0 Å². The number of anilines is 1. The molecule has 1 aromatic rings. The van der Waals surface area contributed by atoms with E-state index >= 15 is 0 Å². The van der Waals surface area contributed by atoms with Gasteiger partial charge in [-0.05, 0) is 25.5 Å². The number of rotatable bonds is 3. The van der Waals surface area contributed by atoms with Crippen molar-refractivity contribution in [3.63, 3.8) is 0 Å². The molecular weight excluding hydrogens is 292 g/mol. The van der Waals surface area contributed by atoms with Crippen molar-refractivity contribution in [2.24, 2.45) is 0 Å². The van der Waals surface area contributed by atoms with Crippen molar-refractivity contribution in [3.8, 4) is 0 Å². The Kier molecular flexibility index (Phi) is 5.27. The van der Waals surface area contributed by atoms with Gasteiger partial charge in [-0.1, -0.05) is 6.92 Å². The second-order valence-electron chi connectivity index (χ2n) is 6.18. The van der Waals surface area contributed by atoms with Crippen LogP contribution in [0.4, 0.5) is 10.7 Å². The molecule has 0 atom stereocenters. The van der Waals surface area contributed by atoms with Crippen molar-refractivity contribution in [3.05, 3.63) is 18.5 Å². The van der Waals surface area contributed by atoms with E-state index in [2.05, 4.69) is 32.0 Å². The highest BCUT2D eigenvalue weighted by atomic mass is 16.2. The minimum absolute atomic E-state index is 0.0927. The molecule has 126 valence electrons. The van der Waals surface area contributed by atoms with Gasteiger partial charge in [0.1, 0.15) is 0 Å². The van der Waals surface area contributed by atoms with Gasteiger partial charge in [0.25, 0.3) is 0 Å². The average molecular weight is 318 g/mol. The Balaban J connectivity index is 1.43. The van der Waals surface area contributed by atoms with Crippen LogP contribution in [0.3, 0.4) is 0 Å². The number of piperazine rings is 1. The molecule has 2 aliphatic rings. The van der Waals surface area contributed by atoms with Gasteiger partial charge in [0.15, 0.2) is 0 Å². The van der Waals surface area contributed by atoms with Gasteiger partial charge >= 0.3 is 6.03 Å². The minimum Gasteiger partial charge on any atom is -0.341 e. The summed E-state index contributed by atoms with van der Waals surface area (Å²) in [5.41, 5.74) is 0. The number of carbonyl (C=O) groups is 1. The molecule has 7 nitrogen and oxygen atoms in total. The largest absolute Gasteiger partial charge is 0.341 e. The Labute approximate surface area is 137 Å². The molecule has 2 aliphatic heterocycles. The lowest BCUT2D eigenvalue weighted by Gasteiger charge is -2.36. The monoisotopic (exact) mass is 318 g/mol. The maximum absolute atomic E-state index is 12.4. The van der Waals surface area contributed by atoms with Gasteiger partial charge in [-0.25, -0.2) is 14.8 Å². The van der Waals surface area contributed by atoms with E-state index in [-0.39, 0.29) is 12.1 Å². The fourth-order valence-corrected chi connectivity index (χ4v) is 3.21. The Bertz CT molecular complexity index is 495.